The molecule has 0 atom stereocenters. The van der Waals surface area contributed by atoms with E-state index in [9.17, 15) is 19.2 Å². The van der Waals surface area contributed by atoms with E-state index in [0.29, 0.717) is 42.7 Å². The van der Waals surface area contributed by atoms with E-state index < -0.39 is 23.8 Å². The molecule has 4 aromatic rings. The van der Waals surface area contributed by atoms with Gasteiger partial charge in [-0.1, -0.05) is 48.5 Å². The minimum Gasteiger partial charge on any atom is -0.423 e. The summed E-state index contributed by atoms with van der Waals surface area (Å²) in [5.41, 5.74) is 6.65. The summed E-state index contributed by atoms with van der Waals surface area (Å²) in [6.07, 6.45) is 2.54. The molecule has 0 radical (unpaired) electrons. The van der Waals surface area contributed by atoms with E-state index in [1.807, 2.05) is 0 Å². The van der Waals surface area contributed by atoms with Crippen LogP contribution in [0.2, 0.25) is 0 Å². The predicted molar refractivity (Wildman–Crippen MR) is 172 cm³/mol. The molecule has 2 amide bonds. The van der Waals surface area contributed by atoms with Crippen LogP contribution in [0, 0.1) is 0 Å². The van der Waals surface area contributed by atoms with E-state index in [1.54, 1.807) is 97.1 Å². The molecule has 0 fully saturated rings. The number of hydrazone groups is 2. The van der Waals surface area contributed by atoms with Crippen molar-refractivity contribution in [3.63, 3.8) is 0 Å². The van der Waals surface area contributed by atoms with Crippen molar-refractivity contribution in [1.82, 2.24) is 10.9 Å². The van der Waals surface area contributed by atoms with E-state index in [0.717, 1.165) is 0 Å². The van der Waals surface area contributed by atoms with Gasteiger partial charge in [0.1, 0.15) is 11.5 Å². The van der Waals surface area contributed by atoms with E-state index in [2.05, 4.69) is 52.9 Å². The molecule has 10 nitrogen and oxygen atoms in total. The van der Waals surface area contributed by atoms with Gasteiger partial charge in [0.25, 0.3) is 0 Å². The third-order valence-electron chi connectivity index (χ3n) is 5.71. The molecule has 0 spiro atoms. The van der Waals surface area contributed by atoms with Crippen molar-refractivity contribution in [2.75, 3.05) is 0 Å². The zero-order valence-corrected chi connectivity index (χ0v) is 26.1. The Hall–Kier alpha value is -4.94. The Balaban J connectivity index is 1.19. The number of benzene rings is 4. The molecule has 4 rings (SSSR count). The lowest BCUT2D eigenvalue weighted by molar-refractivity contribution is -0.126. The van der Waals surface area contributed by atoms with Gasteiger partial charge in [-0.25, -0.2) is 20.4 Å². The third-order valence-corrected chi connectivity index (χ3v) is 7.09. The second-order valence-electron chi connectivity index (χ2n) is 8.97. The number of halogens is 2. The Morgan fingerprint density at radius 3 is 1.41 bits per heavy atom. The van der Waals surface area contributed by atoms with Gasteiger partial charge in [0, 0.05) is 21.8 Å². The number of nitrogens with zero attached hydrogens (tertiary/aromatic N) is 2. The monoisotopic (exact) mass is 718 g/mol. The maximum atomic E-state index is 12.4. The summed E-state index contributed by atoms with van der Waals surface area (Å²) in [4.78, 5) is 49.1. The molecule has 0 aliphatic rings. The van der Waals surface area contributed by atoms with Crippen LogP contribution in [0.5, 0.6) is 11.5 Å². The van der Waals surface area contributed by atoms with Crippen molar-refractivity contribution in [3.05, 3.63) is 128 Å². The van der Waals surface area contributed by atoms with Gasteiger partial charge in [0.2, 0.25) is 11.8 Å². The van der Waals surface area contributed by atoms with E-state index >= 15 is 0 Å². The van der Waals surface area contributed by atoms with E-state index in [1.165, 1.54) is 12.4 Å². The van der Waals surface area contributed by atoms with Crippen molar-refractivity contribution < 1.29 is 28.7 Å². The maximum Gasteiger partial charge on any atom is 0.344 e. The lowest BCUT2D eigenvalue weighted by atomic mass is 10.2. The Labute approximate surface area is 269 Å². The number of ether oxygens (including phenoxy) is 2. The second kappa shape index (κ2) is 16.1. The average molecular weight is 720 g/mol. The van der Waals surface area contributed by atoms with Crippen LogP contribution in [0.25, 0.3) is 0 Å². The zero-order chi connectivity index (χ0) is 31.3. The largest absolute Gasteiger partial charge is 0.423 e. The first-order valence-corrected chi connectivity index (χ1v) is 14.6. The van der Waals surface area contributed by atoms with E-state index in [-0.39, 0.29) is 12.8 Å². The second-order valence-corrected chi connectivity index (χ2v) is 10.7. The molecule has 0 bridgehead atoms. The lowest BCUT2D eigenvalue weighted by Crippen LogP contribution is -2.22. The third kappa shape index (κ3) is 9.82. The number of nitrogens with one attached hydrogen (secondary N) is 2. The molecular weight excluding hydrogens is 696 g/mol. The minimum atomic E-state index is -0.520. The van der Waals surface area contributed by atoms with Gasteiger partial charge in [-0.2, -0.15) is 10.2 Å². The van der Waals surface area contributed by atoms with Crippen molar-refractivity contribution in [1.29, 1.82) is 0 Å². The standard InChI is InChI=1S/C32H24Br2N4O6/c33-27-13-3-1-11-25(27)31(41)43-23-9-5-7-21(17-23)19-35-37-29(39)15-16-30(40)38-36-20-22-8-6-10-24(18-22)44-32(42)26-12-2-4-14-28(26)34/h1-14,17-20H,15-16H2,(H,37,39)(H,38,40). The van der Waals surface area contributed by atoms with Crippen LogP contribution in [0.15, 0.2) is 116 Å². The van der Waals surface area contributed by atoms with Crippen LogP contribution in [-0.4, -0.2) is 36.2 Å². The topological polar surface area (TPSA) is 136 Å². The molecule has 4 aromatic carbocycles. The predicted octanol–water partition coefficient (Wildman–Crippen LogP) is 6.03. The van der Waals surface area contributed by atoms with Gasteiger partial charge in [-0.3, -0.25) is 9.59 Å². The lowest BCUT2D eigenvalue weighted by Gasteiger charge is -2.06. The van der Waals surface area contributed by atoms with E-state index in [4.69, 9.17) is 9.47 Å². The summed E-state index contributed by atoms with van der Waals surface area (Å²) in [7, 11) is 0. The smallest absolute Gasteiger partial charge is 0.344 e. The molecule has 44 heavy (non-hydrogen) atoms. The zero-order valence-electron chi connectivity index (χ0n) is 22.9. The van der Waals surface area contributed by atoms with Crippen LogP contribution in [0.4, 0.5) is 0 Å². The Kier molecular flexibility index (Phi) is 11.7. The van der Waals surface area contributed by atoms with Gasteiger partial charge in [0.15, 0.2) is 0 Å². The molecule has 0 unspecified atom stereocenters. The SMILES string of the molecule is O=C(CCC(=O)NN=Cc1cccc(OC(=O)c2ccccc2Br)c1)NN=Cc1cccc(OC(=O)c2ccccc2Br)c1. The van der Waals surface area contributed by atoms with Crippen LogP contribution in [0.3, 0.4) is 0 Å². The summed E-state index contributed by atoms with van der Waals surface area (Å²) in [5.74, 6) is -1.37. The molecule has 12 heteroatoms. The first kappa shape index (κ1) is 32.0. The number of rotatable bonds is 11. The highest BCUT2D eigenvalue weighted by atomic mass is 79.9. The summed E-state index contributed by atoms with van der Waals surface area (Å²) in [6.45, 7) is 0. The molecular formula is C32H24Br2N4O6. The van der Waals surface area contributed by atoms with Crippen LogP contribution >= 0.6 is 31.9 Å². The fraction of sp³-hybridized carbons (Fsp3) is 0.0625. The van der Waals surface area contributed by atoms with Crippen molar-refractivity contribution in [3.8, 4) is 11.5 Å². The molecule has 222 valence electrons. The quantitative estimate of drug-likeness (QED) is 0.0841. The number of carbonyl (C=O) groups excluding carboxylic acids is 4. The molecule has 0 aromatic heterocycles. The van der Waals surface area contributed by atoms with Gasteiger partial charge in [-0.05, 0) is 91.5 Å². The molecule has 0 saturated carbocycles. The molecule has 2 N–H and O–H groups in total. The normalized spacial score (nSPS) is 10.9. The fourth-order valence-electron chi connectivity index (χ4n) is 3.59. The highest BCUT2D eigenvalue weighted by Gasteiger charge is 2.13. The minimum absolute atomic E-state index is 0.122. The first-order valence-electron chi connectivity index (χ1n) is 13.1. The van der Waals surface area contributed by atoms with Crippen LogP contribution in [0.1, 0.15) is 44.7 Å². The van der Waals surface area contributed by atoms with Gasteiger partial charge in [-0.15, -0.1) is 0 Å². The van der Waals surface area contributed by atoms with Crippen molar-refractivity contribution in [2.24, 2.45) is 10.2 Å². The fourth-order valence-corrected chi connectivity index (χ4v) is 4.48. The Bertz CT molecular complexity index is 1610. The first-order chi connectivity index (χ1) is 21.3. The summed E-state index contributed by atoms with van der Waals surface area (Å²) < 4.78 is 12.1. The summed E-state index contributed by atoms with van der Waals surface area (Å²) >= 11 is 6.65. The van der Waals surface area contributed by atoms with Crippen molar-refractivity contribution in [2.45, 2.75) is 12.8 Å². The Morgan fingerprint density at radius 2 is 1.00 bits per heavy atom. The number of carbonyl (C=O) groups is 4. The number of hydrogen-bond donors (Lipinski definition) is 2. The highest BCUT2D eigenvalue weighted by Crippen LogP contribution is 2.21. The van der Waals surface area contributed by atoms with Crippen LogP contribution in [-0.2, 0) is 9.59 Å². The van der Waals surface area contributed by atoms with Crippen LogP contribution < -0.4 is 20.3 Å². The number of esters is 2. The van der Waals surface area contributed by atoms with Gasteiger partial charge >= 0.3 is 11.9 Å². The summed E-state index contributed by atoms with van der Waals surface area (Å²) in [6, 6.07) is 27.1. The molecule has 0 aliphatic heterocycles. The number of hydrogen-bond acceptors (Lipinski definition) is 8. The highest BCUT2D eigenvalue weighted by molar-refractivity contribution is 9.10. The molecule has 0 saturated heterocycles. The average Bonchev–Trinajstić information content (AvgIpc) is 3.01. The van der Waals surface area contributed by atoms with Gasteiger partial charge in [0.05, 0.1) is 23.6 Å². The van der Waals surface area contributed by atoms with Crippen molar-refractivity contribution >= 4 is 68.0 Å². The molecule has 0 heterocycles. The number of amides is 2. The summed E-state index contributed by atoms with van der Waals surface area (Å²) in [5, 5.41) is 7.79. The Morgan fingerprint density at radius 1 is 0.591 bits per heavy atom. The molecule has 0 aliphatic carbocycles. The van der Waals surface area contributed by atoms with Gasteiger partial charge < -0.3 is 9.47 Å². The maximum absolute atomic E-state index is 12.4.